The van der Waals surface area contributed by atoms with E-state index in [1.165, 1.54) is 5.06 Å². The van der Waals surface area contributed by atoms with Gasteiger partial charge < -0.3 is 4.74 Å². The van der Waals surface area contributed by atoms with Gasteiger partial charge in [-0.1, -0.05) is 5.11 Å². The number of azide groups is 1. The van der Waals surface area contributed by atoms with Crippen molar-refractivity contribution in [2.75, 3.05) is 13.1 Å². The molecular formula is C11H20N4O3. The van der Waals surface area contributed by atoms with Gasteiger partial charge in [-0.15, -0.1) is 0 Å². The van der Waals surface area contributed by atoms with Crippen LogP contribution in [0.1, 0.15) is 33.6 Å². The van der Waals surface area contributed by atoms with Gasteiger partial charge in [-0.25, -0.2) is 5.06 Å². The minimum atomic E-state index is -0.413. The predicted octanol–water partition coefficient (Wildman–Crippen LogP) is 2.03. The Labute approximate surface area is 107 Å². The molecule has 0 spiro atoms. The summed E-state index contributed by atoms with van der Waals surface area (Å²) in [5.74, 6) is 0. The van der Waals surface area contributed by atoms with Gasteiger partial charge in [0, 0.05) is 4.91 Å². The van der Waals surface area contributed by atoms with Crippen LogP contribution in [0.2, 0.25) is 0 Å². The van der Waals surface area contributed by atoms with E-state index in [0.29, 0.717) is 19.5 Å². The summed E-state index contributed by atoms with van der Waals surface area (Å²) >= 11 is 0. The Bertz CT molecular complexity index is 323. The fraction of sp³-hybridized carbons (Fsp3) is 0.909. The number of amides is 1. The van der Waals surface area contributed by atoms with E-state index in [1.54, 1.807) is 0 Å². The zero-order valence-electron chi connectivity index (χ0n) is 11.1. The lowest BCUT2D eigenvalue weighted by Gasteiger charge is -2.28. The molecule has 0 aromatic carbocycles. The second kappa shape index (κ2) is 6.58. The molecule has 1 aliphatic rings. The van der Waals surface area contributed by atoms with Crippen LogP contribution in [0.15, 0.2) is 5.11 Å². The normalized spacial score (nSPS) is 23.5. The number of hydrogen-bond donors (Lipinski definition) is 0. The van der Waals surface area contributed by atoms with Gasteiger partial charge in [0.1, 0.15) is 0 Å². The van der Waals surface area contributed by atoms with E-state index in [1.807, 2.05) is 20.8 Å². The van der Waals surface area contributed by atoms with Crippen LogP contribution in [0.3, 0.4) is 0 Å². The maximum absolute atomic E-state index is 10.9. The summed E-state index contributed by atoms with van der Waals surface area (Å²) in [6.45, 7) is 6.37. The molecule has 18 heavy (non-hydrogen) atoms. The molecular weight excluding hydrogens is 236 g/mol. The Morgan fingerprint density at radius 1 is 1.50 bits per heavy atom. The van der Waals surface area contributed by atoms with Crippen molar-refractivity contribution >= 4 is 6.41 Å². The minimum Gasteiger partial charge on any atom is -0.373 e. The third kappa shape index (κ3) is 5.35. The van der Waals surface area contributed by atoms with Gasteiger partial charge in [-0.05, 0) is 39.1 Å². The number of carbonyl (C=O) groups excluding carboxylic acids is 1. The van der Waals surface area contributed by atoms with E-state index in [0.717, 1.165) is 12.8 Å². The van der Waals surface area contributed by atoms with Gasteiger partial charge in [0.15, 0.2) is 0 Å². The zero-order chi connectivity index (χ0) is 13.6. The summed E-state index contributed by atoms with van der Waals surface area (Å²) in [7, 11) is 0. The van der Waals surface area contributed by atoms with Crippen LogP contribution in [0.5, 0.6) is 0 Å². The number of nitrogens with zero attached hydrogens (tertiary/aromatic N) is 4. The van der Waals surface area contributed by atoms with Crippen molar-refractivity contribution < 1.29 is 14.4 Å². The average Bonchev–Trinajstić information content (AvgIpc) is 2.71. The minimum absolute atomic E-state index is 0.0472. The molecule has 0 saturated carbocycles. The van der Waals surface area contributed by atoms with Crippen molar-refractivity contribution in [1.82, 2.24) is 5.06 Å². The highest BCUT2D eigenvalue weighted by molar-refractivity contribution is 5.45. The maximum atomic E-state index is 10.9. The molecule has 1 fully saturated rings. The lowest BCUT2D eigenvalue weighted by atomic mass is 10.2. The van der Waals surface area contributed by atoms with E-state index in [-0.39, 0.29) is 12.2 Å². The molecule has 0 bridgehead atoms. The largest absolute Gasteiger partial charge is 0.373 e. The van der Waals surface area contributed by atoms with Gasteiger partial charge in [0.05, 0.1) is 30.9 Å². The quantitative estimate of drug-likeness (QED) is 0.239. The highest BCUT2D eigenvalue weighted by atomic mass is 16.7. The first-order valence-corrected chi connectivity index (χ1v) is 6.02. The average molecular weight is 256 g/mol. The van der Waals surface area contributed by atoms with Crippen LogP contribution in [-0.2, 0) is 14.4 Å². The number of hydroxylamine groups is 2. The van der Waals surface area contributed by atoms with Crippen molar-refractivity contribution in [3.8, 4) is 0 Å². The molecule has 7 nitrogen and oxygen atoms in total. The van der Waals surface area contributed by atoms with Gasteiger partial charge in [0.25, 0.3) is 0 Å². The molecule has 2 unspecified atom stereocenters. The Kier molecular flexibility index (Phi) is 5.40. The zero-order valence-corrected chi connectivity index (χ0v) is 11.1. The molecule has 1 heterocycles. The number of ether oxygens (including phenoxy) is 1. The Balaban J connectivity index is 2.38. The SMILES string of the molecule is CC(C)(C)ON(C=O)CC1CCC(CN=[N+]=[N-])O1. The highest BCUT2D eigenvalue weighted by Crippen LogP contribution is 2.21. The molecule has 1 amide bonds. The van der Waals surface area contributed by atoms with E-state index in [9.17, 15) is 4.79 Å². The summed E-state index contributed by atoms with van der Waals surface area (Å²) in [5.41, 5.74) is 7.82. The van der Waals surface area contributed by atoms with Crippen LogP contribution in [0.25, 0.3) is 10.4 Å². The summed E-state index contributed by atoms with van der Waals surface area (Å²) < 4.78 is 5.66. The van der Waals surface area contributed by atoms with Crippen molar-refractivity contribution in [2.24, 2.45) is 5.11 Å². The summed E-state index contributed by atoms with van der Waals surface area (Å²) in [6.07, 6.45) is 2.23. The topological polar surface area (TPSA) is 87.5 Å². The molecule has 0 aliphatic carbocycles. The van der Waals surface area contributed by atoms with Crippen LogP contribution >= 0.6 is 0 Å². The van der Waals surface area contributed by atoms with E-state index in [4.69, 9.17) is 15.1 Å². The maximum Gasteiger partial charge on any atom is 0.233 e. The lowest BCUT2D eigenvalue weighted by Crippen LogP contribution is -2.38. The summed E-state index contributed by atoms with van der Waals surface area (Å²) in [6, 6.07) is 0. The first kappa shape index (κ1) is 14.8. The van der Waals surface area contributed by atoms with Gasteiger partial charge in [-0.3, -0.25) is 9.63 Å². The number of rotatable bonds is 6. The molecule has 7 heteroatoms. The van der Waals surface area contributed by atoms with Crippen molar-refractivity contribution in [3.63, 3.8) is 0 Å². The van der Waals surface area contributed by atoms with Crippen molar-refractivity contribution in [2.45, 2.75) is 51.4 Å². The molecule has 1 aliphatic heterocycles. The molecule has 0 aromatic heterocycles. The third-order valence-electron chi connectivity index (χ3n) is 2.44. The number of hydrogen-bond acceptors (Lipinski definition) is 4. The molecule has 1 saturated heterocycles. The Morgan fingerprint density at radius 2 is 2.17 bits per heavy atom. The highest BCUT2D eigenvalue weighted by Gasteiger charge is 2.27. The van der Waals surface area contributed by atoms with Gasteiger partial charge >= 0.3 is 0 Å². The fourth-order valence-corrected chi connectivity index (χ4v) is 1.83. The second-order valence-corrected chi connectivity index (χ2v) is 5.28. The second-order valence-electron chi connectivity index (χ2n) is 5.28. The van der Waals surface area contributed by atoms with Crippen molar-refractivity contribution in [1.29, 1.82) is 0 Å². The van der Waals surface area contributed by atoms with E-state index in [2.05, 4.69) is 10.0 Å². The van der Waals surface area contributed by atoms with Crippen LogP contribution in [0.4, 0.5) is 0 Å². The monoisotopic (exact) mass is 256 g/mol. The number of carbonyl (C=O) groups is 1. The van der Waals surface area contributed by atoms with Gasteiger partial charge in [-0.2, -0.15) is 0 Å². The molecule has 0 aromatic rings. The molecule has 2 atom stereocenters. The Morgan fingerprint density at radius 3 is 2.72 bits per heavy atom. The van der Waals surface area contributed by atoms with Gasteiger partial charge in [0.2, 0.25) is 6.41 Å². The van der Waals surface area contributed by atoms with Crippen LogP contribution in [-0.4, -0.2) is 42.4 Å². The van der Waals surface area contributed by atoms with E-state index >= 15 is 0 Å². The molecule has 0 radical (unpaired) electrons. The molecule has 0 N–H and O–H groups in total. The summed E-state index contributed by atoms with van der Waals surface area (Å²) in [4.78, 5) is 19.1. The fourth-order valence-electron chi connectivity index (χ4n) is 1.83. The molecule has 102 valence electrons. The van der Waals surface area contributed by atoms with E-state index < -0.39 is 5.60 Å². The van der Waals surface area contributed by atoms with Crippen LogP contribution < -0.4 is 0 Å². The first-order valence-electron chi connectivity index (χ1n) is 6.02. The standard InChI is InChI=1S/C11H20N4O3/c1-11(2,3)18-15(8-16)7-10-5-4-9(17-10)6-13-14-12/h8-10H,4-7H2,1-3H3. The first-order chi connectivity index (χ1) is 8.44. The Hall–Kier alpha value is -1.30. The van der Waals surface area contributed by atoms with Crippen LogP contribution in [0, 0.1) is 0 Å². The lowest BCUT2D eigenvalue weighted by molar-refractivity contribution is -0.224. The molecule has 1 rings (SSSR count). The third-order valence-corrected chi connectivity index (χ3v) is 2.44. The smallest absolute Gasteiger partial charge is 0.233 e. The summed E-state index contributed by atoms with van der Waals surface area (Å²) in [5, 5.41) is 4.75. The predicted molar refractivity (Wildman–Crippen MR) is 65.5 cm³/mol. The van der Waals surface area contributed by atoms with Crippen molar-refractivity contribution in [3.05, 3.63) is 10.4 Å².